The van der Waals surface area contributed by atoms with Gasteiger partial charge >= 0.3 is 0 Å². The zero-order valence-electron chi connectivity index (χ0n) is 17.8. The number of para-hydroxylation sites is 2. The fraction of sp³-hybridized carbons (Fsp3) is 0.200. The van der Waals surface area contributed by atoms with Gasteiger partial charge in [-0.25, -0.2) is 9.98 Å². The molecule has 2 aliphatic rings. The standard InChI is InChI=1S/C25H24N6O/c1-32-20-11-7-10-19(14-20)23-28-24-26-16-29(15-18-8-3-2-4-9-18)17-30(24)25-27-21-12-5-6-13-22(21)31(23)25/h2-14,23H,15-17H2,1H3,(H,26,28). The molecular weight excluding hydrogens is 400 g/mol. The lowest BCUT2D eigenvalue weighted by Crippen LogP contribution is -2.57. The normalized spacial score (nSPS) is 18.0. The van der Waals surface area contributed by atoms with Crippen LogP contribution in [0.25, 0.3) is 11.0 Å². The van der Waals surface area contributed by atoms with Crippen molar-refractivity contribution in [2.45, 2.75) is 12.7 Å². The number of anilines is 1. The van der Waals surface area contributed by atoms with E-state index in [-0.39, 0.29) is 6.17 Å². The maximum atomic E-state index is 5.48. The molecule has 1 N–H and O–H groups in total. The molecule has 1 atom stereocenters. The summed E-state index contributed by atoms with van der Waals surface area (Å²) in [5.74, 6) is 2.58. The molecular formula is C25H24N6O. The summed E-state index contributed by atoms with van der Waals surface area (Å²) in [5, 5.41) is 3.66. The van der Waals surface area contributed by atoms with Gasteiger partial charge in [-0.2, -0.15) is 0 Å². The number of nitrogens with zero attached hydrogens (tertiary/aromatic N) is 5. The molecule has 160 valence electrons. The number of rotatable bonds is 4. The third-order valence-corrected chi connectivity index (χ3v) is 6.02. The van der Waals surface area contributed by atoms with Crippen molar-refractivity contribution < 1.29 is 4.74 Å². The number of methoxy groups -OCH3 is 1. The molecule has 0 saturated heterocycles. The van der Waals surface area contributed by atoms with Crippen LogP contribution in [0.5, 0.6) is 5.75 Å². The maximum Gasteiger partial charge on any atom is 0.216 e. The Morgan fingerprint density at radius 1 is 1.00 bits per heavy atom. The lowest BCUT2D eigenvalue weighted by atomic mass is 10.1. The lowest BCUT2D eigenvalue weighted by molar-refractivity contribution is 0.264. The Bertz CT molecular complexity index is 1300. The molecule has 1 aromatic heterocycles. The first-order valence-corrected chi connectivity index (χ1v) is 10.8. The number of benzene rings is 3. The second-order valence-corrected chi connectivity index (χ2v) is 8.10. The van der Waals surface area contributed by atoms with Crippen LogP contribution >= 0.6 is 0 Å². The highest BCUT2D eigenvalue weighted by molar-refractivity contribution is 5.98. The number of hydrogen-bond donors (Lipinski definition) is 1. The molecule has 0 spiro atoms. The predicted octanol–water partition coefficient (Wildman–Crippen LogP) is 3.79. The van der Waals surface area contributed by atoms with Gasteiger partial charge in [-0.1, -0.05) is 54.6 Å². The van der Waals surface area contributed by atoms with Gasteiger partial charge in [0.25, 0.3) is 0 Å². The number of imidazole rings is 1. The number of hydrogen-bond acceptors (Lipinski definition) is 6. The van der Waals surface area contributed by atoms with E-state index in [1.165, 1.54) is 5.56 Å². The molecule has 0 saturated carbocycles. The van der Waals surface area contributed by atoms with Crippen LogP contribution in [0.15, 0.2) is 83.9 Å². The van der Waals surface area contributed by atoms with E-state index in [1.807, 2.05) is 24.3 Å². The fourth-order valence-electron chi connectivity index (χ4n) is 4.49. The van der Waals surface area contributed by atoms with Crippen LogP contribution in [0.4, 0.5) is 5.95 Å². The first-order chi connectivity index (χ1) is 15.8. The van der Waals surface area contributed by atoms with Crippen LogP contribution in [0.1, 0.15) is 17.3 Å². The molecule has 0 bridgehead atoms. The average Bonchev–Trinajstić information content (AvgIpc) is 3.24. The van der Waals surface area contributed by atoms with Gasteiger partial charge in [0.15, 0.2) is 0 Å². The van der Waals surface area contributed by atoms with Crippen LogP contribution in [-0.2, 0) is 6.54 Å². The van der Waals surface area contributed by atoms with E-state index in [2.05, 4.69) is 74.3 Å². The third kappa shape index (κ3) is 3.18. The Morgan fingerprint density at radius 3 is 2.72 bits per heavy atom. The number of aromatic nitrogens is 2. The van der Waals surface area contributed by atoms with E-state index in [1.54, 1.807) is 7.11 Å². The van der Waals surface area contributed by atoms with Crippen LogP contribution in [0, 0.1) is 0 Å². The van der Waals surface area contributed by atoms with E-state index in [0.717, 1.165) is 47.5 Å². The SMILES string of the molecule is COc1cccc(C2NC3=NCN(Cc4ccccc4)CN3c3nc4ccccc4n32)c1. The Balaban J connectivity index is 1.42. The van der Waals surface area contributed by atoms with Gasteiger partial charge in [0.2, 0.25) is 11.9 Å². The van der Waals surface area contributed by atoms with Crippen LogP contribution in [0.2, 0.25) is 0 Å². The van der Waals surface area contributed by atoms with Crippen molar-refractivity contribution in [1.82, 2.24) is 19.8 Å². The van der Waals surface area contributed by atoms with Gasteiger partial charge in [-0.15, -0.1) is 0 Å². The van der Waals surface area contributed by atoms with Crippen molar-refractivity contribution in [3.63, 3.8) is 0 Å². The van der Waals surface area contributed by atoms with Crippen LogP contribution < -0.4 is 15.0 Å². The third-order valence-electron chi connectivity index (χ3n) is 6.02. The first kappa shape index (κ1) is 18.9. The zero-order valence-corrected chi connectivity index (χ0v) is 17.8. The second kappa shape index (κ2) is 7.69. The summed E-state index contributed by atoms with van der Waals surface area (Å²) >= 11 is 0. The molecule has 0 fully saturated rings. The van der Waals surface area contributed by atoms with E-state index < -0.39 is 0 Å². The Labute approximate surface area is 186 Å². The summed E-state index contributed by atoms with van der Waals surface area (Å²) in [5.41, 5.74) is 4.43. The summed E-state index contributed by atoms with van der Waals surface area (Å²) < 4.78 is 7.74. The van der Waals surface area contributed by atoms with Crippen molar-refractivity contribution in [3.05, 3.63) is 90.0 Å². The predicted molar refractivity (Wildman–Crippen MR) is 126 cm³/mol. The second-order valence-electron chi connectivity index (χ2n) is 8.10. The summed E-state index contributed by atoms with van der Waals surface area (Å²) in [6, 6.07) is 26.9. The van der Waals surface area contributed by atoms with Gasteiger partial charge in [0, 0.05) is 6.54 Å². The van der Waals surface area contributed by atoms with E-state index in [4.69, 9.17) is 14.7 Å². The highest BCUT2D eigenvalue weighted by Crippen LogP contribution is 2.34. The topological polar surface area (TPSA) is 57.9 Å². The summed E-state index contributed by atoms with van der Waals surface area (Å²) in [4.78, 5) is 14.4. The molecule has 2 aliphatic heterocycles. The van der Waals surface area contributed by atoms with Gasteiger partial charge in [-0.3, -0.25) is 14.4 Å². The molecule has 3 heterocycles. The molecule has 0 radical (unpaired) electrons. The van der Waals surface area contributed by atoms with Gasteiger partial charge in [0.05, 0.1) is 31.5 Å². The zero-order chi connectivity index (χ0) is 21.5. The Kier molecular flexibility index (Phi) is 4.54. The molecule has 32 heavy (non-hydrogen) atoms. The highest BCUT2D eigenvalue weighted by Gasteiger charge is 2.35. The number of nitrogens with one attached hydrogen (secondary N) is 1. The monoisotopic (exact) mass is 424 g/mol. The van der Waals surface area contributed by atoms with E-state index in [9.17, 15) is 0 Å². The molecule has 0 aliphatic carbocycles. The van der Waals surface area contributed by atoms with Crippen molar-refractivity contribution in [1.29, 1.82) is 0 Å². The van der Waals surface area contributed by atoms with Gasteiger partial charge in [0.1, 0.15) is 11.9 Å². The minimum atomic E-state index is -0.122. The number of guanidine groups is 1. The highest BCUT2D eigenvalue weighted by atomic mass is 16.5. The minimum absolute atomic E-state index is 0.122. The summed E-state index contributed by atoms with van der Waals surface area (Å²) in [7, 11) is 1.69. The minimum Gasteiger partial charge on any atom is -0.497 e. The first-order valence-electron chi connectivity index (χ1n) is 10.8. The van der Waals surface area contributed by atoms with E-state index >= 15 is 0 Å². The molecule has 4 aromatic rings. The molecule has 1 unspecified atom stereocenters. The lowest BCUT2D eigenvalue weighted by Gasteiger charge is -2.41. The maximum absolute atomic E-state index is 5.48. The fourth-order valence-corrected chi connectivity index (χ4v) is 4.49. The van der Waals surface area contributed by atoms with Crippen molar-refractivity contribution in [2.24, 2.45) is 4.99 Å². The number of fused-ring (bicyclic) bond motifs is 5. The number of ether oxygens (including phenoxy) is 1. The van der Waals surface area contributed by atoms with Crippen molar-refractivity contribution in [2.75, 3.05) is 25.3 Å². The molecule has 7 heteroatoms. The van der Waals surface area contributed by atoms with Crippen LogP contribution in [0.3, 0.4) is 0 Å². The smallest absolute Gasteiger partial charge is 0.216 e. The molecule has 7 nitrogen and oxygen atoms in total. The number of aliphatic imine (C=N–C) groups is 1. The van der Waals surface area contributed by atoms with Crippen molar-refractivity contribution in [3.8, 4) is 5.75 Å². The molecule has 0 amide bonds. The molecule has 6 rings (SSSR count). The average molecular weight is 425 g/mol. The van der Waals surface area contributed by atoms with E-state index in [0.29, 0.717) is 6.67 Å². The summed E-state index contributed by atoms with van der Waals surface area (Å²) in [6.07, 6.45) is -0.122. The Morgan fingerprint density at radius 2 is 1.84 bits per heavy atom. The largest absolute Gasteiger partial charge is 0.497 e. The Hall–Kier alpha value is -3.84. The van der Waals surface area contributed by atoms with Gasteiger partial charge < -0.3 is 10.1 Å². The van der Waals surface area contributed by atoms with Crippen LogP contribution in [-0.4, -0.2) is 40.9 Å². The molecule has 3 aromatic carbocycles. The van der Waals surface area contributed by atoms with Gasteiger partial charge in [-0.05, 0) is 35.4 Å². The quantitative estimate of drug-likeness (QED) is 0.540. The summed E-state index contributed by atoms with van der Waals surface area (Å²) in [6.45, 7) is 2.20. The van der Waals surface area contributed by atoms with Crippen molar-refractivity contribution >= 4 is 22.9 Å².